The summed E-state index contributed by atoms with van der Waals surface area (Å²) in [4.78, 5) is 0. The molecule has 1 fully saturated rings. The Balaban J connectivity index is 2.17. The first-order chi connectivity index (χ1) is 5.77. The third-order valence-electron chi connectivity index (χ3n) is 2.80. The van der Waals surface area contributed by atoms with E-state index in [-0.39, 0.29) is 0 Å². The molecule has 0 amide bonds. The molecule has 0 saturated carbocycles. The summed E-state index contributed by atoms with van der Waals surface area (Å²) in [6.45, 7) is 1.46. The van der Waals surface area contributed by atoms with E-state index < -0.39 is 6.46 Å². The van der Waals surface area contributed by atoms with Crippen LogP contribution in [0.1, 0.15) is 45.4 Å². The maximum Gasteiger partial charge on any atom is 0.0399 e. The van der Waals surface area contributed by atoms with Gasteiger partial charge in [-0.05, 0) is 25.7 Å². The average Bonchev–Trinajstić information content (AvgIpc) is 2.06. The van der Waals surface area contributed by atoms with Crippen LogP contribution >= 0.6 is 6.46 Å². The van der Waals surface area contributed by atoms with Gasteiger partial charge in [0, 0.05) is 18.5 Å². The van der Waals surface area contributed by atoms with E-state index in [4.69, 9.17) is 12.2 Å². The zero-order chi connectivity index (χ0) is 8.86. The van der Waals surface area contributed by atoms with Crippen molar-refractivity contribution in [1.29, 1.82) is 0 Å². The number of rotatable bonds is 4. The SMILES string of the molecule is CCCCC[P+]1([S-])CCCCC1. The molecule has 0 aromatic heterocycles. The first kappa shape index (κ1) is 10.9. The van der Waals surface area contributed by atoms with Crippen molar-refractivity contribution in [3.05, 3.63) is 0 Å². The molecule has 0 atom stereocenters. The molecule has 0 nitrogen and oxygen atoms in total. The Bertz CT molecular complexity index is 119. The van der Waals surface area contributed by atoms with Crippen LogP contribution < -0.4 is 0 Å². The second-order valence-electron chi connectivity index (χ2n) is 4.00. The average molecular weight is 204 g/mol. The van der Waals surface area contributed by atoms with E-state index in [0.29, 0.717) is 0 Å². The fraction of sp³-hybridized carbons (Fsp3) is 1.00. The predicted molar refractivity (Wildman–Crippen MR) is 62.3 cm³/mol. The molecule has 0 unspecified atom stereocenters. The molecule has 1 aliphatic heterocycles. The standard InChI is InChI=1S/C10H21PS/c1-2-3-5-8-11(12)9-6-4-7-10-11/h2-10H2,1H3. The molecular weight excluding hydrogens is 183 g/mol. The lowest BCUT2D eigenvalue weighted by Crippen LogP contribution is -2.10. The van der Waals surface area contributed by atoms with Gasteiger partial charge in [-0.15, -0.1) is 6.46 Å². The summed E-state index contributed by atoms with van der Waals surface area (Å²) in [5.41, 5.74) is 0. The van der Waals surface area contributed by atoms with Crippen LogP contribution in [0, 0.1) is 0 Å². The maximum atomic E-state index is 5.78. The molecule has 0 radical (unpaired) electrons. The van der Waals surface area contributed by atoms with Gasteiger partial charge in [-0.25, -0.2) is 0 Å². The van der Waals surface area contributed by atoms with E-state index in [2.05, 4.69) is 6.92 Å². The number of unbranched alkanes of at least 4 members (excludes halogenated alkanes) is 2. The summed E-state index contributed by atoms with van der Waals surface area (Å²) in [5.74, 6) is 0. The molecule has 12 heavy (non-hydrogen) atoms. The zero-order valence-corrected chi connectivity index (χ0v) is 9.93. The van der Waals surface area contributed by atoms with Crippen LogP contribution in [0.25, 0.3) is 0 Å². The Morgan fingerprint density at radius 3 is 2.33 bits per heavy atom. The third-order valence-corrected chi connectivity index (χ3v) is 7.84. The Hall–Kier alpha value is 0.780. The van der Waals surface area contributed by atoms with Gasteiger partial charge in [-0.3, -0.25) is 0 Å². The highest BCUT2D eigenvalue weighted by Crippen LogP contribution is 2.60. The fourth-order valence-corrected chi connectivity index (χ4v) is 6.19. The normalized spacial score (nSPS) is 22.5. The van der Waals surface area contributed by atoms with E-state index >= 15 is 0 Å². The molecule has 1 rings (SSSR count). The fourth-order valence-electron chi connectivity index (χ4n) is 1.96. The van der Waals surface area contributed by atoms with Crippen LogP contribution in [0.5, 0.6) is 0 Å². The van der Waals surface area contributed by atoms with Gasteiger partial charge in [0.15, 0.2) is 0 Å². The first-order valence-corrected chi connectivity index (χ1v) is 8.70. The smallest absolute Gasteiger partial charge is 0.0399 e. The highest BCUT2D eigenvalue weighted by atomic mass is 32.7. The summed E-state index contributed by atoms with van der Waals surface area (Å²) < 4.78 is 0. The lowest BCUT2D eigenvalue weighted by atomic mass is 10.3. The topological polar surface area (TPSA) is 0 Å². The van der Waals surface area contributed by atoms with E-state index in [1.165, 1.54) is 57.0 Å². The van der Waals surface area contributed by atoms with Gasteiger partial charge >= 0.3 is 0 Å². The highest BCUT2D eigenvalue weighted by Gasteiger charge is 2.24. The maximum absolute atomic E-state index is 5.78. The minimum absolute atomic E-state index is 0.810. The van der Waals surface area contributed by atoms with Gasteiger partial charge in [0.2, 0.25) is 0 Å². The Labute approximate surface area is 83.0 Å². The summed E-state index contributed by atoms with van der Waals surface area (Å²) >= 11 is 5.78. The Kier molecular flexibility index (Phi) is 4.97. The molecule has 1 saturated heterocycles. The molecule has 0 aliphatic carbocycles. The van der Waals surface area contributed by atoms with Gasteiger partial charge in [-0.2, -0.15) is 0 Å². The van der Waals surface area contributed by atoms with Crippen LogP contribution in [-0.4, -0.2) is 18.5 Å². The van der Waals surface area contributed by atoms with Crippen LogP contribution in [-0.2, 0) is 12.2 Å². The van der Waals surface area contributed by atoms with Gasteiger partial charge in [0.1, 0.15) is 0 Å². The van der Waals surface area contributed by atoms with Crippen LogP contribution in [0.15, 0.2) is 0 Å². The zero-order valence-electron chi connectivity index (χ0n) is 8.22. The molecule has 0 N–H and O–H groups in total. The molecule has 0 bridgehead atoms. The van der Waals surface area contributed by atoms with Gasteiger partial charge in [0.05, 0.1) is 0 Å². The van der Waals surface area contributed by atoms with Crippen molar-refractivity contribution in [2.24, 2.45) is 0 Å². The van der Waals surface area contributed by atoms with Crippen molar-refractivity contribution in [1.82, 2.24) is 0 Å². The first-order valence-electron chi connectivity index (χ1n) is 5.34. The van der Waals surface area contributed by atoms with E-state index in [0.717, 1.165) is 0 Å². The van der Waals surface area contributed by atoms with Crippen molar-refractivity contribution in [3.8, 4) is 0 Å². The van der Waals surface area contributed by atoms with Gasteiger partial charge in [-0.1, -0.05) is 19.8 Å². The van der Waals surface area contributed by atoms with Crippen molar-refractivity contribution < 1.29 is 0 Å². The molecule has 1 aliphatic rings. The van der Waals surface area contributed by atoms with Gasteiger partial charge < -0.3 is 12.2 Å². The van der Waals surface area contributed by atoms with Crippen molar-refractivity contribution >= 4 is 18.7 Å². The van der Waals surface area contributed by atoms with E-state index in [1.54, 1.807) is 0 Å². The van der Waals surface area contributed by atoms with Crippen molar-refractivity contribution in [3.63, 3.8) is 0 Å². The van der Waals surface area contributed by atoms with Crippen molar-refractivity contribution in [2.45, 2.75) is 45.4 Å². The lowest BCUT2D eigenvalue weighted by Gasteiger charge is -2.36. The monoisotopic (exact) mass is 204 g/mol. The summed E-state index contributed by atoms with van der Waals surface area (Å²) in [7, 11) is 0. The predicted octanol–water partition coefficient (Wildman–Crippen LogP) is 3.84. The Morgan fingerprint density at radius 1 is 1.08 bits per heavy atom. The quantitative estimate of drug-likeness (QED) is 0.381. The summed E-state index contributed by atoms with van der Waals surface area (Å²) in [6, 6.07) is 0. The Morgan fingerprint density at radius 2 is 1.75 bits per heavy atom. The summed E-state index contributed by atoms with van der Waals surface area (Å²) in [5, 5.41) is 0. The molecule has 2 heteroatoms. The van der Waals surface area contributed by atoms with Crippen molar-refractivity contribution in [2.75, 3.05) is 18.5 Å². The molecule has 0 aromatic rings. The largest absolute Gasteiger partial charge is 0.556 e. The van der Waals surface area contributed by atoms with Crippen LogP contribution in [0.2, 0.25) is 0 Å². The van der Waals surface area contributed by atoms with E-state index in [9.17, 15) is 0 Å². The minimum atomic E-state index is -0.810. The second kappa shape index (κ2) is 5.50. The van der Waals surface area contributed by atoms with Crippen LogP contribution in [0.3, 0.4) is 0 Å². The van der Waals surface area contributed by atoms with Gasteiger partial charge in [0.25, 0.3) is 0 Å². The third kappa shape index (κ3) is 3.66. The molecule has 72 valence electrons. The molecular formula is C10H21PS. The molecule has 0 spiro atoms. The lowest BCUT2D eigenvalue weighted by molar-refractivity contribution is 0.734. The number of hydrogen-bond acceptors (Lipinski definition) is 1. The second-order valence-corrected chi connectivity index (χ2v) is 9.78. The van der Waals surface area contributed by atoms with E-state index in [1.807, 2.05) is 0 Å². The molecule has 1 heterocycles. The summed E-state index contributed by atoms with van der Waals surface area (Å²) in [6.07, 6.45) is 12.7. The van der Waals surface area contributed by atoms with Crippen LogP contribution in [0.4, 0.5) is 0 Å². The molecule has 0 aromatic carbocycles. The highest BCUT2D eigenvalue weighted by molar-refractivity contribution is 8.42. The minimum Gasteiger partial charge on any atom is -0.556 e. The number of hydrogen-bond donors (Lipinski definition) is 0.